The van der Waals surface area contributed by atoms with Crippen LogP contribution in [-0.4, -0.2) is 46.7 Å². The number of rotatable bonds is 12. The van der Waals surface area contributed by atoms with E-state index in [2.05, 4.69) is 29.6 Å². The van der Waals surface area contributed by atoms with E-state index < -0.39 is 0 Å². The highest BCUT2D eigenvalue weighted by Gasteiger charge is 1.92. The molecule has 108 valence electrons. The van der Waals surface area contributed by atoms with Crippen molar-refractivity contribution in [2.75, 3.05) is 46.7 Å². The molecule has 0 aromatic heterocycles. The fourth-order valence-electron chi connectivity index (χ4n) is 1.59. The molecule has 4 heteroatoms. The Bertz CT molecular complexity index is 293. The summed E-state index contributed by atoms with van der Waals surface area (Å²) in [5.41, 5.74) is 1.31. The van der Waals surface area contributed by atoms with Crippen molar-refractivity contribution in [2.24, 2.45) is 0 Å². The van der Waals surface area contributed by atoms with Gasteiger partial charge in [0, 0.05) is 20.3 Å². The molecule has 1 aromatic rings. The van der Waals surface area contributed by atoms with Crippen molar-refractivity contribution in [2.45, 2.75) is 13.0 Å². The van der Waals surface area contributed by atoms with Crippen LogP contribution in [0.2, 0.25) is 0 Å². The van der Waals surface area contributed by atoms with E-state index >= 15 is 0 Å². The number of nitrogens with one attached hydrogen (secondary N) is 1. The topological polar surface area (TPSA) is 39.7 Å². The zero-order valence-electron chi connectivity index (χ0n) is 11.8. The maximum Gasteiger partial charge on any atom is 0.0701 e. The van der Waals surface area contributed by atoms with E-state index in [4.69, 9.17) is 14.2 Å². The maximum absolute atomic E-state index is 5.46. The van der Waals surface area contributed by atoms with Gasteiger partial charge in [0.2, 0.25) is 0 Å². The van der Waals surface area contributed by atoms with Crippen LogP contribution in [0.1, 0.15) is 12.0 Å². The molecule has 1 aromatic carbocycles. The van der Waals surface area contributed by atoms with Crippen LogP contribution in [-0.2, 0) is 20.8 Å². The lowest BCUT2D eigenvalue weighted by Gasteiger charge is -2.06. The number of hydrogen-bond acceptors (Lipinski definition) is 4. The van der Waals surface area contributed by atoms with E-state index in [1.807, 2.05) is 6.07 Å². The molecule has 0 heterocycles. The molecule has 0 amide bonds. The van der Waals surface area contributed by atoms with Gasteiger partial charge in [-0.1, -0.05) is 30.3 Å². The van der Waals surface area contributed by atoms with Gasteiger partial charge in [-0.15, -0.1) is 0 Å². The minimum atomic E-state index is 0.637. The van der Waals surface area contributed by atoms with E-state index in [0.717, 1.165) is 26.1 Å². The third-order valence-corrected chi connectivity index (χ3v) is 2.62. The standard InChI is InChI=1S/C15H25NO3/c1-17-10-11-19-13-12-18-9-5-8-16-14-15-6-3-2-4-7-15/h2-4,6-7,16H,5,8-14H2,1H3. The van der Waals surface area contributed by atoms with Gasteiger partial charge in [-0.2, -0.15) is 0 Å². The predicted octanol–water partition coefficient (Wildman–Crippen LogP) is 1.85. The maximum atomic E-state index is 5.46. The van der Waals surface area contributed by atoms with E-state index in [0.29, 0.717) is 26.4 Å². The Labute approximate surface area is 116 Å². The summed E-state index contributed by atoms with van der Waals surface area (Å²) in [6, 6.07) is 10.4. The Morgan fingerprint density at radius 3 is 2.32 bits per heavy atom. The Hall–Kier alpha value is -0.940. The SMILES string of the molecule is COCCOCCOCCCNCc1ccccc1. The van der Waals surface area contributed by atoms with E-state index in [1.165, 1.54) is 5.56 Å². The molecule has 1 rings (SSSR count). The molecule has 0 atom stereocenters. The van der Waals surface area contributed by atoms with Gasteiger partial charge in [-0.05, 0) is 18.5 Å². The van der Waals surface area contributed by atoms with Crippen molar-refractivity contribution >= 4 is 0 Å². The number of methoxy groups -OCH3 is 1. The highest BCUT2D eigenvalue weighted by atomic mass is 16.5. The van der Waals surface area contributed by atoms with Gasteiger partial charge in [-0.3, -0.25) is 0 Å². The smallest absolute Gasteiger partial charge is 0.0701 e. The third kappa shape index (κ3) is 9.62. The number of benzene rings is 1. The molecular formula is C15H25NO3. The summed E-state index contributed by atoms with van der Waals surface area (Å²) in [5, 5.41) is 3.39. The summed E-state index contributed by atoms with van der Waals surface area (Å²) in [4.78, 5) is 0. The lowest BCUT2D eigenvalue weighted by atomic mass is 10.2. The molecule has 0 unspecified atom stereocenters. The zero-order chi connectivity index (χ0) is 13.6. The molecule has 0 saturated carbocycles. The first-order valence-electron chi connectivity index (χ1n) is 6.82. The second kappa shape index (κ2) is 12.1. The van der Waals surface area contributed by atoms with Crippen LogP contribution in [0.25, 0.3) is 0 Å². The van der Waals surface area contributed by atoms with E-state index in [-0.39, 0.29) is 0 Å². The molecule has 0 saturated heterocycles. The van der Waals surface area contributed by atoms with Crippen LogP contribution in [0.4, 0.5) is 0 Å². The summed E-state index contributed by atoms with van der Waals surface area (Å²) in [7, 11) is 1.67. The van der Waals surface area contributed by atoms with Gasteiger partial charge >= 0.3 is 0 Å². The van der Waals surface area contributed by atoms with Crippen LogP contribution in [0.15, 0.2) is 30.3 Å². The number of hydrogen-bond donors (Lipinski definition) is 1. The van der Waals surface area contributed by atoms with Crippen molar-refractivity contribution in [1.29, 1.82) is 0 Å². The van der Waals surface area contributed by atoms with Crippen molar-refractivity contribution in [3.8, 4) is 0 Å². The normalized spacial score (nSPS) is 10.8. The monoisotopic (exact) mass is 267 g/mol. The van der Waals surface area contributed by atoms with Crippen LogP contribution < -0.4 is 5.32 Å². The van der Waals surface area contributed by atoms with E-state index in [9.17, 15) is 0 Å². The molecule has 0 fully saturated rings. The van der Waals surface area contributed by atoms with Gasteiger partial charge in [0.15, 0.2) is 0 Å². The molecule has 0 aliphatic carbocycles. The highest BCUT2D eigenvalue weighted by Crippen LogP contribution is 1.96. The second-order valence-electron chi connectivity index (χ2n) is 4.23. The second-order valence-corrected chi connectivity index (χ2v) is 4.23. The lowest BCUT2D eigenvalue weighted by molar-refractivity contribution is 0.0243. The highest BCUT2D eigenvalue weighted by molar-refractivity contribution is 5.14. The van der Waals surface area contributed by atoms with Crippen LogP contribution in [0.5, 0.6) is 0 Å². The Morgan fingerprint density at radius 1 is 0.895 bits per heavy atom. The summed E-state index contributed by atoms with van der Waals surface area (Å²) < 4.78 is 15.6. The molecule has 0 aliphatic heterocycles. The fourth-order valence-corrected chi connectivity index (χ4v) is 1.59. The number of ether oxygens (including phenoxy) is 3. The molecule has 0 aliphatic rings. The van der Waals surface area contributed by atoms with Crippen molar-refractivity contribution in [1.82, 2.24) is 5.32 Å². The van der Waals surface area contributed by atoms with Crippen LogP contribution in [0.3, 0.4) is 0 Å². The molecule has 19 heavy (non-hydrogen) atoms. The van der Waals surface area contributed by atoms with Gasteiger partial charge in [0.05, 0.1) is 26.4 Å². The Morgan fingerprint density at radius 2 is 1.58 bits per heavy atom. The minimum absolute atomic E-state index is 0.637. The van der Waals surface area contributed by atoms with Crippen LogP contribution >= 0.6 is 0 Å². The predicted molar refractivity (Wildman–Crippen MR) is 76.3 cm³/mol. The Balaban J connectivity index is 1.79. The molecule has 0 bridgehead atoms. The first-order valence-corrected chi connectivity index (χ1v) is 6.82. The molecule has 0 radical (unpaired) electrons. The van der Waals surface area contributed by atoms with Gasteiger partial charge in [0.25, 0.3) is 0 Å². The lowest BCUT2D eigenvalue weighted by Crippen LogP contribution is -2.17. The van der Waals surface area contributed by atoms with Crippen molar-refractivity contribution in [3.63, 3.8) is 0 Å². The fraction of sp³-hybridized carbons (Fsp3) is 0.600. The van der Waals surface area contributed by atoms with Gasteiger partial charge in [-0.25, -0.2) is 0 Å². The zero-order valence-corrected chi connectivity index (χ0v) is 11.8. The first kappa shape index (κ1) is 16.1. The largest absolute Gasteiger partial charge is 0.382 e. The summed E-state index contributed by atoms with van der Waals surface area (Å²) in [6.07, 6.45) is 1.02. The Kier molecular flexibility index (Phi) is 10.3. The van der Waals surface area contributed by atoms with E-state index in [1.54, 1.807) is 7.11 Å². The summed E-state index contributed by atoms with van der Waals surface area (Å²) in [5.74, 6) is 0. The molecule has 0 spiro atoms. The van der Waals surface area contributed by atoms with Crippen molar-refractivity contribution < 1.29 is 14.2 Å². The van der Waals surface area contributed by atoms with Gasteiger partial charge in [0.1, 0.15) is 0 Å². The summed E-state index contributed by atoms with van der Waals surface area (Å²) in [6.45, 7) is 5.24. The molecular weight excluding hydrogens is 242 g/mol. The average molecular weight is 267 g/mol. The molecule has 4 nitrogen and oxygen atoms in total. The quantitative estimate of drug-likeness (QED) is 0.587. The minimum Gasteiger partial charge on any atom is -0.382 e. The van der Waals surface area contributed by atoms with Gasteiger partial charge < -0.3 is 19.5 Å². The third-order valence-electron chi connectivity index (χ3n) is 2.62. The average Bonchev–Trinajstić information content (AvgIpc) is 2.46. The van der Waals surface area contributed by atoms with Crippen LogP contribution in [0, 0.1) is 0 Å². The van der Waals surface area contributed by atoms with Crippen molar-refractivity contribution in [3.05, 3.63) is 35.9 Å². The molecule has 1 N–H and O–H groups in total. The first-order chi connectivity index (χ1) is 9.43. The summed E-state index contributed by atoms with van der Waals surface area (Å²) >= 11 is 0.